The van der Waals surface area contributed by atoms with Crippen LogP contribution < -0.4 is 0 Å². The van der Waals surface area contributed by atoms with Gasteiger partial charge >= 0.3 is 0 Å². The van der Waals surface area contributed by atoms with Gasteiger partial charge in [0.1, 0.15) is 18.5 Å². The molecule has 0 saturated heterocycles. The van der Waals surface area contributed by atoms with Crippen molar-refractivity contribution in [1.82, 2.24) is 15.0 Å². The van der Waals surface area contributed by atoms with Crippen molar-refractivity contribution in [3.05, 3.63) is 42.8 Å². The Balaban J connectivity index is 2.36. The zero-order valence-electron chi connectivity index (χ0n) is 7.28. The SMILES string of the molecule is OC1(O)C=CC=CC1c1ncncn1. The molecule has 1 aromatic heterocycles. The highest BCUT2D eigenvalue weighted by molar-refractivity contribution is 5.25. The molecular formula is C9H9N3O2. The van der Waals surface area contributed by atoms with Gasteiger partial charge in [-0.1, -0.05) is 18.2 Å². The Bertz CT molecular complexity index is 373. The van der Waals surface area contributed by atoms with Gasteiger partial charge in [0, 0.05) is 0 Å². The molecule has 1 atom stereocenters. The molecule has 0 spiro atoms. The number of rotatable bonds is 1. The minimum absolute atomic E-state index is 0.339. The van der Waals surface area contributed by atoms with Crippen molar-refractivity contribution in [2.75, 3.05) is 0 Å². The third-order valence-electron chi connectivity index (χ3n) is 2.01. The summed E-state index contributed by atoms with van der Waals surface area (Å²) in [6.45, 7) is 0. The highest BCUT2D eigenvalue weighted by Crippen LogP contribution is 2.28. The maximum absolute atomic E-state index is 9.60. The average molecular weight is 191 g/mol. The maximum Gasteiger partial charge on any atom is 0.196 e. The lowest BCUT2D eigenvalue weighted by Gasteiger charge is -2.26. The quantitative estimate of drug-likeness (QED) is 0.599. The van der Waals surface area contributed by atoms with Crippen LogP contribution in [0, 0.1) is 0 Å². The van der Waals surface area contributed by atoms with E-state index in [4.69, 9.17) is 0 Å². The van der Waals surface area contributed by atoms with E-state index in [1.807, 2.05) is 0 Å². The fourth-order valence-electron chi connectivity index (χ4n) is 1.30. The molecular weight excluding hydrogens is 182 g/mol. The number of hydrogen-bond acceptors (Lipinski definition) is 5. The molecule has 5 heteroatoms. The molecule has 0 aromatic carbocycles. The number of aliphatic hydroxyl groups is 2. The zero-order chi connectivity index (χ0) is 10.0. The molecule has 0 radical (unpaired) electrons. The highest BCUT2D eigenvalue weighted by Gasteiger charge is 2.34. The van der Waals surface area contributed by atoms with E-state index in [0.717, 1.165) is 0 Å². The van der Waals surface area contributed by atoms with E-state index in [1.165, 1.54) is 18.7 Å². The summed E-state index contributed by atoms with van der Waals surface area (Å²) in [7, 11) is 0. The zero-order valence-corrected chi connectivity index (χ0v) is 7.28. The number of aromatic nitrogens is 3. The average Bonchev–Trinajstić information content (AvgIpc) is 2.18. The first-order chi connectivity index (χ1) is 6.70. The Morgan fingerprint density at radius 1 is 1.14 bits per heavy atom. The molecule has 72 valence electrons. The molecule has 1 unspecified atom stereocenters. The van der Waals surface area contributed by atoms with Crippen LogP contribution in [0.15, 0.2) is 37.0 Å². The van der Waals surface area contributed by atoms with Gasteiger partial charge in [-0.3, -0.25) is 0 Å². The molecule has 1 heterocycles. The second kappa shape index (κ2) is 3.28. The smallest absolute Gasteiger partial charge is 0.196 e. The van der Waals surface area contributed by atoms with Crippen LogP contribution in [0.25, 0.3) is 0 Å². The van der Waals surface area contributed by atoms with Crippen molar-refractivity contribution in [3.8, 4) is 0 Å². The summed E-state index contributed by atoms with van der Waals surface area (Å²) < 4.78 is 0. The summed E-state index contributed by atoms with van der Waals surface area (Å²) in [4.78, 5) is 11.4. The molecule has 2 rings (SSSR count). The van der Waals surface area contributed by atoms with Crippen LogP contribution in [0.5, 0.6) is 0 Å². The number of hydrogen-bond donors (Lipinski definition) is 2. The molecule has 1 aromatic rings. The van der Waals surface area contributed by atoms with E-state index in [9.17, 15) is 10.2 Å². The van der Waals surface area contributed by atoms with Gasteiger partial charge < -0.3 is 10.2 Å². The topological polar surface area (TPSA) is 79.1 Å². The third-order valence-corrected chi connectivity index (χ3v) is 2.01. The molecule has 14 heavy (non-hydrogen) atoms. The monoisotopic (exact) mass is 191 g/mol. The van der Waals surface area contributed by atoms with E-state index in [2.05, 4.69) is 15.0 Å². The predicted octanol–water partition coefficient (Wildman–Crippen LogP) is -0.238. The van der Waals surface area contributed by atoms with Crippen molar-refractivity contribution in [1.29, 1.82) is 0 Å². The minimum atomic E-state index is -1.92. The summed E-state index contributed by atoms with van der Waals surface area (Å²) in [5, 5.41) is 19.2. The largest absolute Gasteiger partial charge is 0.362 e. The normalized spacial score (nSPS) is 23.7. The number of nitrogens with zero attached hydrogens (tertiary/aromatic N) is 3. The first-order valence-corrected chi connectivity index (χ1v) is 4.13. The van der Waals surface area contributed by atoms with Gasteiger partial charge in [0.2, 0.25) is 0 Å². The number of allylic oxidation sites excluding steroid dienone is 2. The summed E-state index contributed by atoms with van der Waals surface area (Å²) in [5.74, 6) is -2.23. The van der Waals surface area contributed by atoms with Crippen LogP contribution in [0.3, 0.4) is 0 Å². The van der Waals surface area contributed by atoms with E-state index >= 15 is 0 Å². The van der Waals surface area contributed by atoms with Gasteiger partial charge in [-0.15, -0.1) is 0 Å². The van der Waals surface area contributed by atoms with Crippen molar-refractivity contribution in [2.24, 2.45) is 0 Å². The van der Waals surface area contributed by atoms with Gasteiger partial charge in [0.25, 0.3) is 0 Å². The lowest BCUT2D eigenvalue weighted by molar-refractivity contribution is -0.129. The molecule has 0 amide bonds. The van der Waals surface area contributed by atoms with Crippen molar-refractivity contribution < 1.29 is 10.2 Å². The van der Waals surface area contributed by atoms with E-state index in [-0.39, 0.29) is 0 Å². The Labute approximate surface area is 80.5 Å². The van der Waals surface area contributed by atoms with Gasteiger partial charge in [0.05, 0.1) is 5.92 Å². The first kappa shape index (κ1) is 8.98. The lowest BCUT2D eigenvalue weighted by atomic mass is 9.93. The second-order valence-electron chi connectivity index (χ2n) is 3.00. The van der Waals surface area contributed by atoms with Gasteiger partial charge in [-0.05, 0) is 6.08 Å². The Hall–Kier alpha value is -1.59. The second-order valence-corrected chi connectivity index (χ2v) is 3.00. The molecule has 5 nitrogen and oxygen atoms in total. The fourth-order valence-corrected chi connectivity index (χ4v) is 1.30. The first-order valence-electron chi connectivity index (χ1n) is 4.13. The van der Waals surface area contributed by atoms with Crippen LogP contribution in [-0.4, -0.2) is 31.0 Å². The summed E-state index contributed by atoms with van der Waals surface area (Å²) in [6, 6.07) is 0. The molecule has 0 bridgehead atoms. The summed E-state index contributed by atoms with van der Waals surface area (Å²) in [5.41, 5.74) is 0. The van der Waals surface area contributed by atoms with Gasteiger partial charge in [0.15, 0.2) is 5.79 Å². The van der Waals surface area contributed by atoms with Crippen LogP contribution >= 0.6 is 0 Å². The van der Waals surface area contributed by atoms with E-state index in [0.29, 0.717) is 5.82 Å². The highest BCUT2D eigenvalue weighted by atomic mass is 16.5. The Morgan fingerprint density at radius 3 is 2.50 bits per heavy atom. The maximum atomic E-state index is 9.60. The predicted molar refractivity (Wildman–Crippen MR) is 48.0 cm³/mol. The van der Waals surface area contributed by atoms with Crippen LogP contribution in [0.1, 0.15) is 11.7 Å². The molecule has 0 saturated carbocycles. The molecule has 2 N–H and O–H groups in total. The molecule has 1 aliphatic carbocycles. The Kier molecular flexibility index (Phi) is 2.11. The summed E-state index contributed by atoms with van der Waals surface area (Å²) >= 11 is 0. The fraction of sp³-hybridized carbons (Fsp3) is 0.222. The van der Waals surface area contributed by atoms with Crippen molar-refractivity contribution in [3.63, 3.8) is 0 Å². The van der Waals surface area contributed by atoms with E-state index in [1.54, 1.807) is 18.2 Å². The van der Waals surface area contributed by atoms with E-state index < -0.39 is 11.7 Å². The molecule has 1 aliphatic rings. The van der Waals surface area contributed by atoms with Crippen LogP contribution in [-0.2, 0) is 0 Å². The third kappa shape index (κ3) is 1.55. The van der Waals surface area contributed by atoms with Gasteiger partial charge in [-0.2, -0.15) is 0 Å². The van der Waals surface area contributed by atoms with Crippen molar-refractivity contribution >= 4 is 0 Å². The minimum Gasteiger partial charge on any atom is -0.362 e. The Morgan fingerprint density at radius 2 is 1.86 bits per heavy atom. The molecule has 0 fully saturated rings. The van der Waals surface area contributed by atoms with Crippen LogP contribution in [0.2, 0.25) is 0 Å². The van der Waals surface area contributed by atoms with Crippen LogP contribution in [0.4, 0.5) is 0 Å². The van der Waals surface area contributed by atoms with Gasteiger partial charge in [-0.25, -0.2) is 15.0 Å². The van der Waals surface area contributed by atoms with Crippen molar-refractivity contribution in [2.45, 2.75) is 11.7 Å². The summed E-state index contributed by atoms with van der Waals surface area (Å²) in [6.07, 6.45) is 8.86. The standard InChI is InChI=1S/C9H9N3O2/c13-9(14)4-2-1-3-7(9)8-11-5-10-6-12-8/h1-7,13-14H. The molecule has 0 aliphatic heterocycles. The lowest BCUT2D eigenvalue weighted by Crippen LogP contribution is -2.34.